The molecule has 3 amide bonds. The molecule has 2 rings (SSSR count). The van der Waals surface area contributed by atoms with Gasteiger partial charge in [0.05, 0.1) is 17.1 Å². The molecule has 0 unspecified atom stereocenters. The number of aliphatic hydroxyl groups is 1. The highest BCUT2D eigenvalue weighted by molar-refractivity contribution is 6.34. The molecule has 0 aliphatic carbocycles. The summed E-state index contributed by atoms with van der Waals surface area (Å²) in [5.74, 6) is -1.99. The maximum absolute atomic E-state index is 13.5. The maximum Gasteiger partial charge on any atom is 0.304 e. The molecular formula is C23H32ClN3O6. The van der Waals surface area contributed by atoms with Crippen molar-refractivity contribution in [1.29, 1.82) is 0 Å². The van der Waals surface area contributed by atoms with E-state index < -0.39 is 41.6 Å². The zero-order valence-corrected chi connectivity index (χ0v) is 20.4. The van der Waals surface area contributed by atoms with Crippen LogP contribution in [0.25, 0.3) is 0 Å². The fraction of sp³-hybridized carbons (Fsp3) is 0.565. The molecule has 3 atom stereocenters. The van der Waals surface area contributed by atoms with E-state index in [-0.39, 0.29) is 18.0 Å². The topological polar surface area (TPSA) is 125 Å². The molecule has 0 aromatic heterocycles. The van der Waals surface area contributed by atoms with E-state index in [0.717, 1.165) is 12.5 Å². The van der Waals surface area contributed by atoms with Crippen LogP contribution in [-0.2, 0) is 19.1 Å². The first-order chi connectivity index (χ1) is 15.3. The van der Waals surface area contributed by atoms with Crippen molar-refractivity contribution in [2.75, 3.05) is 13.1 Å². The Balaban J connectivity index is 2.15. The summed E-state index contributed by atoms with van der Waals surface area (Å²) in [7, 11) is 0. The first-order valence-corrected chi connectivity index (χ1v) is 11.2. The molecule has 0 saturated carbocycles. The number of halogens is 1. The van der Waals surface area contributed by atoms with Crippen molar-refractivity contribution >= 4 is 35.3 Å². The number of rotatable bonds is 7. The highest BCUT2D eigenvalue weighted by Gasteiger charge is 2.42. The van der Waals surface area contributed by atoms with Gasteiger partial charge < -0.3 is 25.4 Å². The molecule has 1 aromatic carbocycles. The Labute approximate surface area is 198 Å². The van der Waals surface area contributed by atoms with Gasteiger partial charge in [0.25, 0.3) is 5.91 Å². The monoisotopic (exact) mass is 481 g/mol. The van der Waals surface area contributed by atoms with E-state index in [0.29, 0.717) is 24.4 Å². The van der Waals surface area contributed by atoms with Crippen LogP contribution in [-0.4, -0.2) is 65.2 Å². The molecule has 1 aliphatic heterocycles. The molecule has 0 radical (unpaired) electrons. The third-order valence-corrected chi connectivity index (χ3v) is 5.92. The van der Waals surface area contributed by atoms with Gasteiger partial charge in [-0.1, -0.05) is 44.5 Å². The Morgan fingerprint density at radius 3 is 2.55 bits per heavy atom. The second kappa shape index (κ2) is 11.0. The Hall–Kier alpha value is -2.65. The van der Waals surface area contributed by atoms with Crippen molar-refractivity contribution in [2.24, 2.45) is 5.41 Å². The van der Waals surface area contributed by atoms with E-state index in [4.69, 9.17) is 11.6 Å². The number of benzene rings is 1. The number of carbonyl (C=O) groups excluding carboxylic acids is 4. The van der Waals surface area contributed by atoms with Gasteiger partial charge in [0, 0.05) is 13.5 Å². The predicted molar refractivity (Wildman–Crippen MR) is 122 cm³/mol. The summed E-state index contributed by atoms with van der Waals surface area (Å²) in [4.78, 5) is 51.5. The third kappa shape index (κ3) is 6.91. The van der Waals surface area contributed by atoms with Crippen molar-refractivity contribution < 1.29 is 29.0 Å². The number of carbonyl (C=O) groups is 4. The number of likely N-dealkylation sites (tertiary alicyclic amines) is 1. The molecule has 0 spiro atoms. The normalized spacial score (nSPS) is 17.8. The number of esters is 1. The van der Waals surface area contributed by atoms with Crippen molar-refractivity contribution in [3.05, 3.63) is 34.3 Å². The van der Waals surface area contributed by atoms with E-state index in [9.17, 15) is 24.3 Å². The second-order valence-electron chi connectivity index (χ2n) is 9.21. The van der Waals surface area contributed by atoms with Crippen LogP contribution < -0.4 is 10.6 Å². The maximum atomic E-state index is 13.5. The molecule has 1 saturated heterocycles. The average molecular weight is 482 g/mol. The molecule has 182 valence electrons. The number of nitrogens with one attached hydrogen (secondary N) is 2. The fourth-order valence-electron chi connectivity index (χ4n) is 3.69. The Morgan fingerprint density at radius 1 is 1.27 bits per heavy atom. The molecule has 1 fully saturated rings. The number of hydrogen-bond donors (Lipinski definition) is 3. The van der Waals surface area contributed by atoms with Crippen molar-refractivity contribution in [3.63, 3.8) is 0 Å². The molecular weight excluding hydrogens is 450 g/mol. The van der Waals surface area contributed by atoms with Crippen molar-refractivity contribution in [3.8, 4) is 0 Å². The highest BCUT2D eigenvalue weighted by Crippen LogP contribution is 2.27. The van der Waals surface area contributed by atoms with Crippen LogP contribution in [0.5, 0.6) is 0 Å². The summed E-state index contributed by atoms with van der Waals surface area (Å²) in [5, 5.41) is 15.3. The van der Waals surface area contributed by atoms with Crippen LogP contribution >= 0.6 is 11.6 Å². The lowest BCUT2D eigenvalue weighted by atomic mass is 9.85. The standard InChI is InChI=1S/C23H32ClN3O6/c1-13-8-6-9-15(18(13)24)20(30)26-19(23(3,4)5)22(32)27-11-7-10-16(27)21(31)25-12-17(29)33-14(2)28/h6,8-9,16-17,19,29H,7,10-12H2,1-5H3,(H,25,31)(H,26,30)/t16-,17+,19+/m0/s1. The van der Waals surface area contributed by atoms with Gasteiger partial charge in [0.15, 0.2) is 0 Å². The van der Waals surface area contributed by atoms with Crippen LogP contribution in [0.15, 0.2) is 18.2 Å². The lowest BCUT2D eigenvalue weighted by molar-refractivity contribution is -0.165. The molecule has 1 aliphatic rings. The minimum absolute atomic E-state index is 0.272. The zero-order valence-electron chi connectivity index (χ0n) is 19.6. The van der Waals surface area contributed by atoms with Gasteiger partial charge in [-0.3, -0.25) is 19.2 Å². The average Bonchev–Trinajstić information content (AvgIpc) is 3.20. The Bertz CT molecular complexity index is 914. The van der Waals surface area contributed by atoms with Crippen molar-refractivity contribution in [2.45, 2.75) is 65.8 Å². The van der Waals surface area contributed by atoms with Crippen LogP contribution in [0.4, 0.5) is 0 Å². The summed E-state index contributed by atoms with van der Waals surface area (Å²) in [6, 6.07) is 3.44. The number of aryl methyl sites for hydroxylation is 1. The van der Waals surface area contributed by atoms with E-state index in [1.807, 2.05) is 20.8 Å². The second-order valence-corrected chi connectivity index (χ2v) is 9.59. The van der Waals surface area contributed by atoms with Gasteiger partial charge in [-0.05, 0) is 36.8 Å². The SMILES string of the molecule is CC(=O)O[C@@H](O)CNC(=O)[C@@H]1CCCN1C(=O)[C@@H](NC(=O)c1cccc(C)c1Cl)C(C)(C)C. The quantitative estimate of drug-likeness (QED) is 0.402. The van der Waals surface area contributed by atoms with E-state index in [1.165, 1.54) is 4.90 Å². The van der Waals surface area contributed by atoms with Gasteiger partial charge >= 0.3 is 5.97 Å². The molecule has 1 aromatic rings. The van der Waals surface area contributed by atoms with Crippen LogP contribution in [0.2, 0.25) is 5.02 Å². The smallest absolute Gasteiger partial charge is 0.304 e. The lowest BCUT2D eigenvalue weighted by Gasteiger charge is -2.35. The number of nitrogens with zero attached hydrogens (tertiary/aromatic N) is 1. The summed E-state index contributed by atoms with van der Waals surface area (Å²) in [5.41, 5.74) is 0.377. The van der Waals surface area contributed by atoms with Gasteiger partial charge in [0.2, 0.25) is 18.1 Å². The third-order valence-electron chi connectivity index (χ3n) is 5.42. The van der Waals surface area contributed by atoms with Gasteiger partial charge in [-0.15, -0.1) is 0 Å². The molecule has 9 nitrogen and oxygen atoms in total. The summed E-state index contributed by atoms with van der Waals surface area (Å²) >= 11 is 6.29. The zero-order chi connectivity index (χ0) is 24.9. The Morgan fingerprint density at radius 2 is 1.94 bits per heavy atom. The van der Waals surface area contributed by atoms with Crippen LogP contribution in [0.3, 0.4) is 0 Å². The first kappa shape index (κ1) is 26.6. The predicted octanol–water partition coefficient (Wildman–Crippen LogP) is 1.78. The molecule has 1 heterocycles. The van der Waals surface area contributed by atoms with E-state index >= 15 is 0 Å². The van der Waals surface area contributed by atoms with Crippen LogP contribution in [0, 0.1) is 12.3 Å². The number of ether oxygens (including phenoxy) is 1. The fourth-order valence-corrected chi connectivity index (χ4v) is 3.90. The number of aliphatic hydroxyl groups excluding tert-OH is 1. The van der Waals surface area contributed by atoms with E-state index in [2.05, 4.69) is 15.4 Å². The molecule has 33 heavy (non-hydrogen) atoms. The van der Waals surface area contributed by atoms with Crippen molar-refractivity contribution in [1.82, 2.24) is 15.5 Å². The van der Waals surface area contributed by atoms with Gasteiger partial charge in [0.1, 0.15) is 12.1 Å². The largest absolute Gasteiger partial charge is 0.434 e. The summed E-state index contributed by atoms with van der Waals surface area (Å²) < 4.78 is 4.59. The number of hydrogen-bond acceptors (Lipinski definition) is 6. The first-order valence-electron chi connectivity index (χ1n) is 10.8. The number of amides is 3. The minimum Gasteiger partial charge on any atom is -0.434 e. The lowest BCUT2D eigenvalue weighted by Crippen LogP contribution is -2.58. The summed E-state index contributed by atoms with van der Waals surface area (Å²) in [6.07, 6.45) is -0.418. The Kier molecular flexibility index (Phi) is 8.85. The van der Waals surface area contributed by atoms with E-state index in [1.54, 1.807) is 25.1 Å². The highest BCUT2D eigenvalue weighted by atomic mass is 35.5. The minimum atomic E-state index is -1.47. The molecule has 0 bridgehead atoms. The van der Waals surface area contributed by atoms with Gasteiger partial charge in [-0.25, -0.2) is 0 Å². The van der Waals surface area contributed by atoms with Gasteiger partial charge in [-0.2, -0.15) is 0 Å². The molecule has 3 N–H and O–H groups in total. The summed E-state index contributed by atoms with van der Waals surface area (Å²) in [6.45, 7) is 8.49. The molecule has 10 heteroatoms. The van der Waals surface area contributed by atoms with Crippen LogP contribution in [0.1, 0.15) is 56.5 Å².